The molecule has 4 heterocycles. The molecule has 0 saturated carbocycles. The van der Waals surface area contributed by atoms with Crippen molar-refractivity contribution in [3.05, 3.63) is 48.1 Å². The van der Waals surface area contributed by atoms with Crippen LogP contribution in [0.15, 0.2) is 30.9 Å². The fourth-order valence-corrected chi connectivity index (χ4v) is 3.71. The van der Waals surface area contributed by atoms with Crippen LogP contribution in [0, 0.1) is 12.8 Å². The van der Waals surface area contributed by atoms with E-state index >= 15 is 0 Å². The first-order valence-corrected chi connectivity index (χ1v) is 9.72. The van der Waals surface area contributed by atoms with E-state index in [9.17, 15) is 4.79 Å². The predicted molar refractivity (Wildman–Crippen MR) is 104 cm³/mol. The van der Waals surface area contributed by atoms with Crippen LogP contribution < -0.4 is 0 Å². The summed E-state index contributed by atoms with van der Waals surface area (Å²) in [6.45, 7) is 7.51. The van der Waals surface area contributed by atoms with Crippen molar-refractivity contribution in [1.29, 1.82) is 0 Å². The van der Waals surface area contributed by atoms with Crippen LogP contribution in [0.3, 0.4) is 0 Å². The highest BCUT2D eigenvalue weighted by Gasteiger charge is 2.37. The Morgan fingerprint density at radius 2 is 2.25 bits per heavy atom. The zero-order chi connectivity index (χ0) is 19.7. The molecular formula is C20H25N7O. The summed E-state index contributed by atoms with van der Waals surface area (Å²) in [5.41, 5.74) is 2.63. The Balaban J connectivity index is 1.66. The number of rotatable bonds is 5. The standard InChI is InChI=1S/C20H25N7O/c1-4-13(2)18-20-24-19(15-6-5-7-21-11-15)25-27(20)9-8-26(18)17(28)10-16-14(3)22-12-23-16/h5-7,11-13,18H,4,8-10H2,1-3H3,(H,22,23)/t13-,18-/m0/s1. The van der Waals surface area contributed by atoms with Gasteiger partial charge in [-0.05, 0) is 25.0 Å². The monoisotopic (exact) mass is 379 g/mol. The van der Waals surface area contributed by atoms with Gasteiger partial charge >= 0.3 is 0 Å². The number of hydrogen-bond acceptors (Lipinski definition) is 5. The minimum atomic E-state index is -0.0941. The summed E-state index contributed by atoms with van der Waals surface area (Å²) in [7, 11) is 0. The number of nitrogens with one attached hydrogen (secondary N) is 1. The van der Waals surface area contributed by atoms with Crippen LogP contribution >= 0.6 is 0 Å². The van der Waals surface area contributed by atoms with Gasteiger partial charge in [-0.25, -0.2) is 14.6 Å². The Kier molecular flexibility index (Phi) is 4.93. The van der Waals surface area contributed by atoms with Gasteiger partial charge in [0.25, 0.3) is 0 Å². The van der Waals surface area contributed by atoms with E-state index in [1.54, 1.807) is 18.7 Å². The van der Waals surface area contributed by atoms with Crippen molar-refractivity contribution in [2.24, 2.45) is 5.92 Å². The largest absolute Gasteiger partial charge is 0.348 e. The molecule has 0 spiro atoms. The fourth-order valence-electron chi connectivity index (χ4n) is 3.71. The summed E-state index contributed by atoms with van der Waals surface area (Å²) in [5.74, 6) is 1.87. The molecule has 8 nitrogen and oxygen atoms in total. The first kappa shape index (κ1) is 18.3. The maximum atomic E-state index is 13.1. The molecule has 0 aliphatic carbocycles. The molecule has 1 aliphatic rings. The Hall–Kier alpha value is -3.03. The van der Waals surface area contributed by atoms with E-state index < -0.39 is 0 Å². The van der Waals surface area contributed by atoms with Crippen LogP contribution in [0.4, 0.5) is 0 Å². The molecule has 1 amide bonds. The average molecular weight is 379 g/mol. The molecule has 4 rings (SSSR count). The molecular weight excluding hydrogens is 354 g/mol. The van der Waals surface area contributed by atoms with Gasteiger partial charge in [0.15, 0.2) is 11.6 Å². The van der Waals surface area contributed by atoms with Crippen molar-refractivity contribution in [1.82, 2.24) is 34.6 Å². The maximum Gasteiger partial charge on any atom is 0.229 e. The summed E-state index contributed by atoms with van der Waals surface area (Å²) < 4.78 is 1.95. The third-order valence-corrected chi connectivity index (χ3v) is 5.53. The van der Waals surface area contributed by atoms with Gasteiger partial charge in [-0.3, -0.25) is 9.78 Å². The van der Waals surface area contributed by atoms with E-state index in [-0.39, 0.29) is 17.9 Å². The second-order valence-electron chi connectivity index (χ2n) is 7.33. The minimum absolute atomic E-state index is 0.0812. The van der Waals surface area contributed by atoms with Crippen molar-refractivity contribution in [3.8, 4) is 11.4 Å². The molecule has 1 N–H and O–H groups in total. The number of imidazole rings is 1. The Bertz CT molecular complexity index is 962. The fraction of sp³-hybridized carbons (Fsp3) is 0.450. The first-order valence-electron chi connectivity index (χ1n) is 9.72. The topological polar surface area (TPSA) is 92.6 Å². The van der Waals surface area contributed by atoms with E-state index in [1.165, 1.54) is 0 Å². The van der Waals surface area contributed by atoms with E-state index in [1.807, 2.05) is 28.6 Å². The first-order chi connectivity index (χ1) is 13.6. The lowest BCUT2D eigenvalue weighted by Gasteiger charge is -2.38. The minimum Gasteiger partial charge on any atom is -0.348 e. The van der Waals surface area contributed by atoms with Crippen LogP contribution in [0.2, 0.25) is 0 Å². The molecule has 3 aromatic rings. The molecule has 1 aliphatic heterocycles. The molecule has 0 aromatic carbocycles. The second kappa shape index (κ2) is 7.53. The Labute approximate surface area is 164 Å². The number of carbonyl (C=O) groups is 1. The second-order valence-corrected chi connectivity index (χ2v) is 7.33. The van der Waals surface area contributed by atoms with E-state index in [2.05, 4.69) is 33.9 Å². The van der Waals surface area contributed by atoms with Crippen LogP contribution in [0.1, 0.15) is 43.5 Å². The molecule has 0 fully saturated rings. The van der Waals surface area contributed by atoms with Crippen LogP contribution in [0.5, 0.6) is 0 Å². The van der Waals surface area contributed by atoms with Gasteiger partial charge in [-0.15, -0.1) is 0 Å². The van der Waals surface area contributed by atoms with E-state index in [4.69, 9.17) is 4.98 Å². The highest BCUT2D eigenvalue weighted by molar-refractivity contribution is 5.79. The normalized spacial score (nSPS) is 17.4. The number of amides is 1. The zero-order valence-corrected chi connectivity index (χ0v) is 16.5. The number of fused-ring (bicyclic) bond motifs is 1. The number of aryl methyl sites for hydroxylation is 1. The number of carbonyl (C=O) groups excluding carboxylic acids is 1. The van der Waals surface area contributed by atoms with Crippen molar-refractivity contribution in [3.63, 3.8) is 0 Å². The van der Waals surface area contributed by atoms with Gasteiger partial charge in [0, 0.05) is 30.2 Å². The highest BCUT2D eigenvalue weighted by Crippen LogP contribution is 2.34. The summed E-state index contributed by atoms with van der Waals surface area (Å²) in [5, 5.41) is 4.68. The van der Waals surface area contributed by atoms with Crippen molar-refractivity contribution < 1.29 is 4.79 Å². The molecule has 2 atom stereocenters. The van der Waals surface area contributed by atoms with E-state index in [0.717, 1.165) is 29.2 Å². The Morgan fingerprint density at radius 3 is 2.93 bits per heavy atom. The number of pyridine rings is 1. The van der Waals surface area contributed by atoms with Gasteiger partial charge in [0.05, 0.1) is 31.0 Å². The zero-order valence-electron chi connectivity index (χ0n) is 16.5. The molecule has 3 aromatic heterocycles. The number of aromatic amines is 1. The lowest BCUT2D eigenvalue weighted by Crippen LogP contribution is -2.45. The molecule has 146 valence electrons. The lowest BCUT2D eigenvalue weighted by atomic mass is 9.95. The van der Waals surface area contributed by atoms with Gasteiger partial charge < -0.3 is 9.88 Å². The number of nitrogens with zero attached hydrogens (tertiary/aromatic N) is 6. The number of aromatic nitrogens is 6. The molecule has 8 heteroatoms. The lowest BCUT2D eigenvalue weighted by molar-refractivity contribution is -0.135. The van der Waals surface area contributed by atoms with Crippen molar-refractivity contribution >= 4 is 5.91 Å². The van der Waals surface area contributed by atoms with Gasteiger partial charge in [0.2, 0.25) is 5.91 Å². The Morgan fingerprint density at radius 1 is 1.39 bits per heavy atom. The van der Waals surface area contributed by atoms with Gasteiger partial charge in [0.1, 0.15) is 0 Å². The van der Waals surface area contributed by atoms with Crippen LogP contribution in [0.25, 0.3) is 11.4 Å². The molecule has 0 bridgehead atoms. The summed E-state index contributed by atoms with van der Waals surface area (Å²) in [4.78, 5) is 31.4. The maximum absolute atomic E-state index is 13.1. The van der Waals surface area contributed by atoms with E-state index in [0.29, 0.717) is 25.3 Å². The molecule has 0 saturated heterocycles. The third-order valence-electron chi connectivity index (χ3n) is 5.53. The number of H-pyrrole nitrogens is 1. The van der Waals surface area contributed by atoms with Crippen molar-refractivity contribution in [2.45, 2.75) is 46.2 Å². The van der Waals surface area contributed by atoms with Gasteiger partial charge in [-0.2, -0.15) is 5.10 Å². The summed E-state index contributed by atoms with van der Waals surface area (Å²) in [6.07, 6.45) is 6.38. The number of hydrogen-bond donors (Lipinski definition) is 1. The van der Waals surface area contributed by atoms with Crippen molar-refractivity contribution in [2.75, 3.05) is 6.54 Å². The van der Waals surface area contributed by atoms with Crippen LogP contribution in [-0.4, -0.2) is 47.1 Å². The smallest absolute Gasteiger partial charge is 0.229 e. The predicted octanol–water partition coefficient (Wildman–Crippen LogP) is 2.54. The highest BCUT2D eigenvalue weighted by atomic mass is 16.2. The third kappa shape index (κ3) is 3.30. The molecule has 0 radical (unpaired) electrons. The SMILES string of the molecule is CC[C@H](C)[C@H]1c2nc(-c3cccnc3)nn2CCN1C(=O)Cc1nc[nH]c1C. The summed E-state index contributed by atoms with van der Waals surface area (Å²) >= 11 is 0. The molecule has 28 heavy (non-hydrogen) atoms. The quantitative estimate of drug-likeness (QED) is 0.735. The van der Waals surface area contributed by atoms with Crippen LogP contribution in [-0.2, 0) is 17.8 Å². The molecule has 0 unspecified atom stereocenters. The van der Waals surface area contributed by atoms with Gasteiger partial charge in [-0.1, -0.05) is 20.3 Å². The average Bonchev–Trinajstić information content (AvgIpc) is 3.33. The summed E-state index contributed by atoms with van der Waals surface area (Å²) in [6, 6.07) is 3.74.